The molecule has 0 aliphatic carbocycles. The van der Waals surface area contributed by atoms with Crippen molar-refractivity contribution in [3.8, 4) is 0 Å². The lowest BCUT2D eigenvalue weighted by atomic mass is 9.96. The SMILES string of the molecule is CC(C)(C)OC(=O)N1Cc2ccc(NC(=O)c3ccccc3N3CCC(C(=O)O)CC3)cc2C1. The Hall–Kier alpha value is -3.55. The van der Waals surface area contributed by atoms with E-state index in [0.29, 0.717) is 50.3 Å². The highest BCUT2D eigenvalue weighted by Crippen LogP contribution is 2.30. The first-order chi connectivity index (χ1) is 16.1. The molecule has 2 heterocycles. The Balaban J connectivity index is 1.44. The summed E-state index contributed by atoms with van der Waals surface area (Å²) in [6.07, 6.45) is 0.768. The number of nitrogens with zero attached hydrogens (tertiary/aromatic N) is 2. The molecule has 2 amide bonds. The minimum Gasteiger partial charge on any atom is -0.481 e. The van der Waals surface area contributed by atoms with Crippen LogP contribution < -0.4 is 10.2 Å². The Kier molecular flexibility index (Phi) is 6.50. The second-order valence-electron chi connectivity index (χ2n) is 9.89. The van der Waals surface area contributed by atoms with E-state index in [0.717, 1.165) is 16.8 Å². The second-order valence-corrected chi connectivity index (χ2v) is 9.89. The first-order valence-electron chi connectivity index (χ1n) is 11.6. The molecular weight excluding hydrogens is 434 g/mol. The Morgan fingerprint density at radius 3 is 2.35 bits per heavy atom. The van der Waals surface area contributed by atoms with Gasteiger partial charge >= 0.3 is 12.1 Å². The van der Waals surface area contributed by atoms with Gasteiger partial charge in [-0.05, 0) is 69.0 Å². The van der Waals surface area contributed by atoms with Gasteiger partial charge in [-0.3, -0.25) is 14.5 Å². The standard InChI is InChI=1S/C26H31N3O5/c1-26(2,3)34-25(33)29-15-18-8-9-20(14-19(18)16-29)27-23(30)21-6-4-5-7-22(21)28-12-10-17(11-13-28)24(31)32/h4-9,14,17H,10-13,15-16H2,1-3H3,(H,27,30)(H,31,32). The predicted octanol–water partition coefficient (Wildman–Crippen LogP) is 4.49. The number of nitrogens with one attached hydrogen (secondary N) is 1. The first kappa shape index (κ1) is 23.6. The molecule has 2 N–H and O–H groups in total. The van der Waals surface area contributed by atoms with E-state index in [1.165, 1.54) is 0 Å². The second kappa shape index (κ2) is 9.37. The van der Waals surface area contributed by atoms with Crippen molar-refractivity contribution in [3.63, 3.8) is 0 Å². The van der Waals surface area contributed by atoms with E-state index in [9.17, 15) is 19.5 Å². The lowest BCUT2D eigenvalue weighted by Gasteiger charge is -2.33. The number of carboxylic acid groups (broad SMARTS) is 1. The van der Waals surface area contributed by atoms with Crippen LogP contribution in [0.5, 0.6) is 0 Å². The molecule has 2 aromatic rings. The van der Waals surface area contributed by atoms with E-state index < -0.39 is 11.6 Å². The van der Waals surface area contributed by atoms with Crippen molar-refractivity contribution >= 4 is 29.3 Å². The number of carbonyl (C=O) groups excluding carboxylic acids is 2. The minimum atomic E-state index is -0.757. The van der Waals surface area contributed by atoms with Crippen LogP contribution in [0.2, 0.25) is 0 Å². The molecule has 0 saturated carbocycles. The van der Waals surface area contributed by atoms with Crippen LogP contribution in [0.25, 0.3) is 0 Å². The molecule has 0 unspecified atom stereocenters. The Morgan fingerprint density at radius 2 is 1.68 bits per heavy atom. The number of amides is 2. The number of carbonyl (C=O) groups is 3. The quantitative estimate of drug-likeness (QED) is 0.690. The summed E-state index contributed by atoms with van der Waals surface area (Å²) in [7, 11) is 0. The first-order valence-corrected chi connectivity index (χ1v) is 11.6. The van der Waals surface area contributed by atoms with Gasteiger partial charge in [-0.2, -0.15) is 0 Å². The van der Waals surface area contributed by atoms with E-state index in [2.05, 4.69) is 10.2 Å². The van der Waals surface area contributed by atoms with E-state index in [1.54, 1.807) is 11.0 Å². The molecule has 8 heteroatoms. The van der Waals surface area contributed by atoms with Gasteiger partial charge in [0.1, 0.15) is 5.60 Å². The number of carboxylic acids is 1. The van der Waals surface area contributed by atoms with Crippen molar-refractivity contribution in [1.29, 1.82) is 0 Å². The van der Waals surface area contributed by atoms with Crippen LogP contribution in [0.3, 0.4) is 0 Å². The highest BCUT2D eigenvalue weighted by molar-refractivity contribution is 6.08. The highest BCUT2D eigenvalue weighted by atomic mass is 16.6. The molecule has 2 aliphatic rings. The maximum atomic E-state index is 13.2. The van der Waals surface area contributed by atoms with Crippen LogP contribution in [0.1, 0.15) is 55.1 Å². The van der Waals surface area contributed by atoms with Crippen LogP contribution in [-0.4, -0.2) is 46.7 Å². The zero-order valence-electron chi connectivity index (χ0n) is 19.8. The molecule has 1 saturated heterocycles. The fourth-order valence-electron chi connectivity index (χ4n) is 4.44. The lowest BCUT2D eigenvalue weighted by molar-refractivity contribution is -0.142. The Labute approximate surface area is 199 Å². The van der Waals surface area contributed by atoms with Crippen molar-refractivity contribution in [3.05, 3.63) is 59.2 Å². The van der Waals surface area contributed by atoms with Gasteiger partial charge < -0.3 is 20.1 Å². The number of aliphatic carboxylic acids is 1. The number of benzene rings is 2. The maximum absolute atomic E-state index is 13.2. The molecule has 8 nitrogen and oxygen atoms in total. The summed E-state index contributed by atoms with van der Waals surface area (Å²) in [6, 6.07) is 13.1. The normalized spacial score (nSPS) is 16.2. The van der Waals surface area contributed by atoms with Gasteiger partial charge in [0, 0.05) is 37.6 Å². The molecule has 0 spiro atoms. The van der Waals surface area contributed by atoms with Crippen LogP contribution >= 0.6 is 0 Å². The summed E-state index contributed by atoms with van der Waals surface area (Å²) in [5.74, 6) is -1.31. The van der Waals surface area contributed by atoms with Crippen LogP contribution in [0, 0.1) is 5.92 Å². The van der Waals surface area contributed by atoms with Crippen LogP contribution in [0.4, 0.5) is 16.2 Å². The highest BCUT2D eigenvalue weighted by Gasteiger charge is 2.29. The summed E-state index contributed by atoms with van der Waals surface area (Å²) in [5, 5.41) is 12.2. The monoisotopic (exact) mass is 465 g/mol. The van der Waals surface area contributed by atoms with Crippen LogP contribution in [-0.2, 0) is 22.6 Å². The number of rotatable bonds is 4. The van der Waals surface area contributed by atoms with Gasteiger partial charge in [-0.15, -0.1) is 0 Å². The molecule has 0 radical (unpaired) electrons. The summed E-state index contributed by atoms with van der Waals surface area (Å²) >= 11 is 0. The average Bonchev–Trinajstić information content (AvgIpc) is 3.22. The van der Waals surface area contributed by atoms with Crippen molar-refractivity contribution in [2.75, 3.05) is 23.3 Å². The zero-order chi connectivity index (χ0) is 24.5. The third-order valence-electron chi connectivity index (χ3n) is 6.17. The molecule has 34 heavy (non-hydrogen) atoms. The third kappa shape index (κ3) is 5.32. The smallest absolute Gasteiger partial charge is 0.410 e. The van der Waals surface area contributed by atoms with E-state index in [4.69, 9.17) is 4.74 Å². The van der Waals surface area contributed by atoms with E-state index in [1.807, 2.05) is 57.2 Å². The number of ether oxygens (including phenoxy) is 1. The molecular formula is C26H31N3O5. The molecule has 0 aromatic heterocycles. The average molecular weight is 466 g/mol. The van der Waals surface area contributed by atoms with Gasteiger partial charge in [0.15, 0.2) is 0 Å². The molecule has 0 bridgehead atoms. The summed E-state index contributed by atoms with van der Waals surface area (Å²) in [4.78, 5) is 40.6. The number of hydrogen-bond acceptors (Lipinski definition) is 5. The number of para-hydroxylation sites is 1. The van der Waals surface area contributed by atoms with Crippen molar-refractivity contribution < 1.29 is 24.2 Å². The van der Waals surface area contributed by atoms with Gasteiger partial charge in [-0.1, -0.05) is 18.2 Å². The summed E-state index contributed by atoms with van der Waals surface area (Å²) < 4.78 is 5.48. The summed E-state index contributed by atoms with van der Waals surface area (Å²) in [6.45, 7) is 7.63. The largest absolute Gasteiger partial charge is 0.481 e. The molecule has 0 atom stereocenters. The summed E-state index contributed by atoms with van der Waals surface area (Å²) in [5.41, 5.74) is 3.47. The number of hydrogen-bond donors (Lipinski definition) is 2. The number of fused-ring (bicyclic) bond motifs is 1. The maximum Gasteiger partial charge on any atom is 0.410 e. The lowest BCUT2D eigenvalue weighted by Crippen LogP contribution is -2.37. The molecule has 2 aliphatic heterocycles. The Morgan fingerprint density at radius 1 is 1.00 bits per heavy atom. The van der Waals surface area contributed by atoms with Gasteiger partial charge in [0.25, 0.3) is 5.91 Å². The van der Waals surface area contributed by atoms with Gasteiger partial charge in [0.05, 0.1) is 11.5 Å². The van der Waals surface area contributed by atoms with Crippen molar-refractivity contribution in [1.82, 2.24) is 4.90 Å². The number of piperidine rings is 1. The van der Waals surface area contributed by atoms with Gasteiger partial charge in [-0.25, -0.2) is 4.79 Å². The van der Waals surface area contributed by atoms with Crippen LogP contribution in [0.15, 0.2) is 42.5 Å². The fourth-order valence-corrected chi connectivity index (χ4v) is 4.44. The molecule has 180 valence electrons. The zero-order valence-corrected chi connectivity index (χ0v) is 19.8. The van der Waals surface area contributed by atoms with Crippen molar-refractivity contribution in [2.24, 2.45) is 5.92 Å². The van der Waals surface area contributed by atoms with Crippen molar-refractivity contribution in [2.45, 2.75) is 52.3 Å². The molecule has 1 fully saturated rings. The van der Waals surface area contributed by atoms with Gasteiger partial charge in [0.2, 0.25) is 0 Å². The third-order valence-corrected chi connectivity index (χ3v) is 6.17. The minimum absolute atomic E-state index is 0.224. The van der Waals surface area contributed by atoms with E-state index in [-0.39, 0.29) is 17.9 Å². The molecule has 2 aromatic carbocycles. The Bertz CT molecular complexity index is 1100. The number of anilines is 2. The predicted molar refractivity (Wildman–Crippen MR) is 129 cm³/mol. The fraction of sp³-hybridized carbons (Fsp3) is 0.423. The molecule has 4 rings (SSSR count). The van der Waals surface area contributed by atoms with E-state index >= 15 is 0 Å². The topological polar surface area (TPSA) is 99.2 Å².